The molecule has 0 radical (unpaired) electrons. The van der Waals surface area contributed by atoms with Crippen LogP contribution in [-0.2, 0) is 4.79 Å². The van der Waals surface area contributed by atoms with Gasteiger partial charge in [-0.25, -0.2) is 8.78 Å². The number of nitrogens with zero attached hydrogens (tertiary/aromatic N) is 1. The van der Waals surface area contributed by atoms with Crippen LogP contribution in [0.25, 0.3) is 0 Å². The molecule has 26 heavy (non-hydrogen) atoms. The Morgan fingerprint density at radius 3 is 2.54 bits per heavy atom. The number of guanidine groups is 1. The number of carbonyl (C=O) groups is 1. The number of benzene rings is 1. The first-order valence-electron chi connectivity index (χ1n) is 8.86. The van der Waals surface area contributed by atoms with Crippen molar-refractivity contribution in [1.29, 1.82) is 0 Å². The van der Waals surface area contributed by atoms with Crippen LogP contribution in [0, 0.1) is 17.6 Å². The highest BCUT2D eigenvalue weighted by Gasteiger charge is 2.42. The first-order valence-corrected chi connectivity index (χ1v) is 8.86. The van der Waals surface area contributed by atoms with Gasteiger partial charge in [0.15, 0.2) is 5.96 Å². The van der Waals surface area contributed by atoms with E-state index in [1.165, 1.54) is 18.2 Å². The predicted octanol–water partition coefficient (Wildman–Crippen LogP) is 2.52. The SMILES string of the molecule is CCNC(=NCCNC(=O)C1CC1)NC1CC1c1c(F)cccc1F.I. The number of hydrogen-bond acceptors (Lipinski definition) is 2. The molecule has 2 aliphatic carbocycles. The van der Waals surface area contributed by atoms with E-state index in [-0.39, 0.29) is 53.3 Å². The highest BCUT2D eigenvalue weighted by Crippen LogP contribution is 2.43. The van der Waals surface area contributed by atoms with E-state index < -0.39 is 11.6 Å². The largest absolute Gasteiger partial charge is 0.357 e. The Balaban J connectivity index is 0.00000243. The van der Waals surface area contributed by atoms with Gasteiger partial charge in [-0.3, -0.25) is 9.79 Å². The smallest absolute Gasteiger partial charge is 0.223 e. The Labute approximate surface area is 169 Å². The van der Waals surface area contributed by atoms with Gasteiger partial charge in [0.05, 0.1) is 6.54 Å². The van der Waals surface area contributed by atoms with Gasteiger partial charge in [-0.15, -0.1) is 24.0 Å². The summed E-state index contributed by atoms with van der Waals surface area (Å²) >= 11 is 0. The fourth-order valence-electron chi connectivity index (χ4n) is 2.87. The molecular weight excluding hydrogens is 453 g/mol. The third-order valence-electron chi connectivity index (χ3n) is 4.46. The lowest BCUT2D eigenvalue weighted by Crippen LogP contribution is -2.39. The van der Waals surface area contributed by atoms with Gasteiger partial charge in [-0.2, -0.15) is 0 Å². The minimum Gasteiger partial charge on any atom is -0.357 e. The summed E-state index contributed by atoms with van der Waals surface area (Å²) in [4.78, 5) is 16.0. The quantitative estimate of drug-likeness (QED) is 0.244. The molecule has 0 saturated heterocycles. The molecule has 3 rings (SSSR count). The normalized spacial score (nSPS) is 21.6. The molecule has 8 heteroatoms. The number of rotatable bonds is 7. The zero-order valence-electron chi connectivity index (χ0n) is 14.7. The standard InChI is InChI=1S/C18H24F2N4O.HI/c1-2-21-18(23-9-8-22-17(25)11-6-7-11)24-15-10-12(15)16-13(19)4-3-5-14(16)20;/h3-5,11-12,15H,2,6-10H2,1H3,(H,22,25)(H2,21,23,24);1H. The van der Waals surface area contributed by atoms with Crippen molar-refractivity contribution in [3.63, 3.8) is 0 Å². The monoisotopic (exact) mass is 478 g/mol. The van der Waals surface area contributed by atoms with E-state index >= 15 is 0 Å². The zero-order chi connectivity index (χ0) is 17.8. The Kier molecular flexibility index (Phi) is 7.60. The maximum absolute atomic E-state index is 13.8. The van der Waals surface area contributed by atoms with Crippen LogP contribution in [0.5, 0.6) is 0 Å². The van der Waals surface area contributed by atoms with E-state index in [0.29, 0.717) is 32.0 Å². The average Bonchev–Trinajstić information content (AvgIpc) is 3.46. The van der Waals surface area contributed by atoms with Crippen LogP contribution in [0.2, 0.25) is 0 Å². The second kappa shape index (κ2) is 9.48. The number of aliphatic imine (C=N–C) groups is 1. The predicted molar refractivity (Wildman–Crippen MR) is 108 cm³/mol. The molecule has 1 aromatic carbocycles. The third kappa shape index (κ3) is 5.52. The van der Waals surface area contributed by atoms with E-state index in [0.717, 1.165) is 12.8 Å². The first-order chi connectivity index (χ1) is 12.1. The molecule has 0 bridgehead atoms. The number of amides is 1. The molecule has 1 amide bonds. The minimum absolute atomic E-state index is 0. The van der Waals surface area contributed by atoms with Crippen LogP contribution in [0.4, 0.5) is 8.78 Å². The number of carbonyl (C=O) groups excluding carboxylic acids is 1. The molecule has 0 aliphatic heterocycles. The third-order valence-corrected chi connectivity index (χ3v) is 4.46. The Bertz CT molecular complexity index is 646. The summed E-state index contributed by atoms with van der Waals surface area (Å²) in [6, 6.07) is 3.91. The highest BCUT2D eigenvalue weighted by atomic mass is 127. The van der Waals surface area contributed by atoms with Gasteiger partial charge in [0.2, 0.25) is 5.91 Å². The number of nitrogens with one attached hydrogen (secondary N) is 3. The summed E-state index contributed by atoms with van der Waals surface area (Å²) in [5.74, 6) is -0.284. The molecule has 2 aliphatic rings. The van der Waals surface area contributed by atoms with Crippen molar-refractivity contribution in [1.82, 2.24) is 16.0 Å². The minimum atomic E-state index is -0.501. The first kappa shape index (κ1) is 20.9. The van der Waals surface area contributed by atoms with Gasteiger partial charge in [0.1, 0.15) is 11.6 Å². The van der Waals surface area contributed by atoms with Gasteiger partial charge in [-0.05, 0) is 38.3 Å². The topological polar surface area (TPSA) is 65.5 Å². The maximum atomic E-state index is 13.8. The number of halogens is 3. The highest BCUT2D eigenvalue weighted by molar-refractivity contribution is 14.0. The molecule has 2 saturated carbocycles. The van der Waals surface area contributed by atoms with Crippen LogP contribution >= 0.6 is 24.0 Å². The summed E-state index contributed by atoms with van der Waals surface area (Å²) in [6.07, 6.45) is 2.63. The summed E-state index contributed by atoms with van der Waals surface area (Å²) in [5.41, 5.74) is 0.146. The second-order valence-corrected chi connectivity index (χ2v) is 6.55. The van der Waals surface area contributed by atoms with Gasteiger partial charge in [-0.1, -0.05) is 6.07 Å². The van der Waals surface area contributed by atoms with Crippen molar-refractivity contribution >= 4 is 35.8 Å². The fraction of sp³-hybridized carbons (Fsp3) is 0.556. The van der Waals surface area contributed by atoms with Crippen LogP contribution in [0.3, 0.4) is 0 Å². The van der Waals surface area contributed by atoms with Gasteiger partial charge in [0, 0.05) is 36.5 Å². The average molecular weight is 478 g/mol. The van der Waals surface area contributed by atoms with Gasteiger partial charge >= 0.3 is 0 Å². The van der Waals surface area contributed by atoms with Crippen molar-refractivity contribution in [2.75, 3.05) is 19.6 Å². The van der Waals surface area contributed by atoms with Crippen molar-refractivity contribution in [3.05, 3.63) is 35.4 Å². The lowest BCUT2D eigenvalue weighted by atomic mass is 10.1. The molecule has 3 N–H and O–H groups in total. The van der Waals surface area contributed by atoms with E-state index in [2.05, 4.69) is 20.9 Å². The van der Waals surface area contributed by atoms with Crippen LogP contribution in [0.15, 0.2) is 23.2 Å². The fourth-order valence-corrected chi connectivity index (χ4v) is 2.87. The van der Waals surface area contributed by atoms with Crippen molar-refractivity contribution in [2.45, 2.75) is 38.1 Å². The molecule has 2 atom stereocenters. The summed E-state index contributed by atoms with van der Waals surface area (Å²) in [7, 11) is 0. The van der Waals surface area contributed by atoms with Crippen LogP contribution in [0.1, 0.15) is 37.7 Å². The Morgan fingerprint density at radius 2 is 1.92 bits per heavy atom. The van der Waals surface area contributed by atoms with Gasteiger partial charge < -0.3 is 16.0 Å². The maximum Gasteiger partial charge on any atom is 0.223 e. The zero-order valence-corrected chi connectivity index (χ0v) is 17.1. The molecule has 5 nitrogen and oxygen atoms in total. The Hall–Kier alpha value is -1.45. The summed E-state index contributed by atoms with van der Waals surface area (Å²) in [5, 5.41) is 9.19. The lowest BCUT2D eigenvalue weighted by Gasteiger charge is -2.12. The van der Waals surface area contributed by atoms with E-state index in [1.807, 2.05) is 6.92 Å². The molecular formula is C18H25F2IN4O. The van der Waals surface area contributed by atoms with Gasteiger partial charge in [0.25, 0.3) is 0 Å². The van der Waals surface area contributed by atoms with E-state index in [9.17, 15) is 13.6 Å². The Morgan fingerprint density at radius 1 is 1.23 bits per heavy atom. The number of hydrogen-bond donors (Lipinski definition) is 3. The molecule has 2 unspecified atom stereocenters. The molecule has 0 aromatic heterocycles. The summed E-state index contributed by atoms with van der Waals surface area (Å²) < 4.78 is 27.7. The lowest BCUT2D eigenvalue weighted by molar-refractivity contribution is -0.122. The van der Waals surface area contributed by atoms with Crippen molar-refractivity contribution < 1.29 is 13.6 Å². The molecule has 0 heterocycles. The van der Waals surface area contributed by atoms with Crippen molar-refractivity contribution in [2.24, 2.45) is 10.9 Å². The molecule has 2 fully saturated rings. The second-order valence-electron chi connectivity index (χ2n) is 6.55. The molecule has 144 valence electrons. The van der Waals surface area contributed by atoms with Crippen LogP contribution in [-0.4, -0.2) is 37.5 Å². The molecule has 1 aromatic rings. The van der Waals surface area contributed by atoms with E-state index in [4.69, 9.17) is 0 Å². The molecule has 0 spiro atoms. The van der Waals surface area contributed by atoms with E-state index in [1.54, 1.807) is 0 Å². The van der Waals surface area contributed by atoms with Crippen LogP contribution < -0.4 is 16.0 Å². The van der Waals surface area contributed by atoms with Crippen molar-refractivity contribution in [3.8, 4) is 0 Å². The summed E-state index contributed by atoms with van der Waals surface area (Å²) in [6.45, 7) is 3.58.